The first kappa shape index (κ1) is 22.3. The molecule has 1 aliphatic rings. The van der Waals surface area contributed by atoms with Crippen molar-refractivity contribution in [1.82, 2.24) is 14.2 Å². The smallest absolute Gasteiger partial charge is 0.337 e. The van der Waals surface area contributed by atoms with E-state index in [1.165, 1.54) is 39.4 Å². The first-order chi connectivity index (χ1) is 15.1. The normalized spacial score (nSPS) is 14.0. The third kappa shape index (κ3) is 3.76. The number of H-pyrrole nitrogens is 1. The van der Waals surface area contributed by atoms with E-state index >= 15 is 0 Å². The maximum absolute atomic E-state index is 13.3. The Bertz CT molecular complexity index is 1350. The van der Waals surface area contributed by atoms with Crippen LogP contribution in [0.15, 0.2) is 41.3 Å². The van der Waals surface area contributed by atoms with Gasteiger partial charge in [-0.1, -0.05) is 11.6 Å². The molecule has 10 heteroatoms. The molecule has 0 fully saturated rings. The van der Waals surface area contributed by atoms with Crippen molar-refractivity contribution in [3.05, 3.63) is 63.8 Å². The topological polar surface area (TPSA) is 99.8 Å². The highest BCUT2D eigenvalue weighted by molar-refractivity contribution is 7.89. The molecule has 0 spiro atoms. The van der Waals surface area contributed by atoms with Crippen LogP contribution in [0, 0.1) is 0 Å². The fraction of sp³-hybridized carbons (Fsp3) is 0.273. The molecular weight excluding hydrogens is 454 g/mol. The lowest BCUT2D eigenvalue weighted by Crippen LogP contribution is -2.36. The fourth-order valence-electron chi connectivity index (χ4n) is 3.84. The van der Waals surface area contributed by atoms with E-state index in [-0.39, 0.29) is 21.4 Å². The minimum absolute atomic E-state index is 0.00256. The van der Waals surface area contributed by atoms with Gasteiger partial charge in [0.2, 0.25) is 10.0 Å². The zero-order chi connectivity index (χ0) is 23.2. The Morgan fingerprint density at radius 3 is 2.59 bits per heavy atom. The van der Waals surface area contributed by atoms with Crippen molar-refractivity contribution in [2.24, 2.45) is 0 Å². The Morgan fingerprint density at radius 2 is 1.91 bits per heavy atom. The van der Waals surface area contributed by atoms with Gasteiger partial charge >= 0.3 is 5.97 Å². The lowest BCUT2D eigenvalue weighted by Gasteiger charge is -2.28. The molecule has 0 bridgehead atoms. The van der Waals surface area contributed by atoms with Crippen molar-refractivity contribution >= 4 is 44.4 Å². The van der Waals surface area contributed by atoms with Crippen molar-refractivity contribution in [2.75, 3.05) is 27.7 Å². The zero-order valence-electron chi connectivity index (χ0n) is 17.8. The van der Waals surface area contributed by atoms with E-state index in [1.807, 2.05) is 6.07 Å². The molecule has 4 rings (SSSR count). The van der Waals surface area contributed by atoms with Crippen LogP contribution < -0.4 is 0 Å². The fourth-order valence-corrected chi connectivity index (χ4v) is 4.97. The van der Waals surface area contributed by atoms with Crippen LogP contribution in [0.25, 0.3) is 10.9 Å². The van der Waals surface area contributed by atoms with E-state index in [1.54, 1.807) is 17.0 Å². The van der Waals surface area contributed by atoms with Crippen molar-refractivity contribution in [3.63, 3.8) is 0 Å². The zero-order valence-corrected chi connectivity index (χ0v) is 19.4. The number of aromatic amines is 1. The first-order valence-electron chi connectivity index (χ1n) is 9.86. The average Bonchev–Trinajstić information content (AvgIpc) is 3.15. The van der Waals surface area contributed by atoms with E-state index in [0.29, 0.717) is 25.1 Å². The molecule has 0 radical (unpaired) electrons. The molecule has 0 unspecified atom stereocenters. The van der Waals surface area contributed by atoms with Crippen molar-refractivity contribution in [3.8, 4) is 0 Å². The van der Waals surface area contributed by atoms with Crippen LogP contribution in [0.5, 0.6) is 0 Å². The Labute approximate surface area is 190 Å². The molecule has 2 heterocycles. The van der Waals surface area contributed by atoms with Gasteiger partial charge in [0.15, 0.2) is 0 Å². The van der Waals surface area contributed by atoms with Crippen LogP contribution in [-0.2, 0) is 27.7 Å². The van der Waals surface area contributed by atoms with E-state index in [0.717, 1.165) is 26.5 Å². The number of aromatic nitrogens is 1. The van der Waals surface area contributed by atoms with E-state index in [2.05, 4.69) is 4.98 Å². The van der Waals surface area contributed by atoms with Crippen LogP contribution in [0.2, 0.25) is 5.02 Å². The number of carbonyl (C=O) groups excluding carboxylic acids is 2. The second kappa shape index (κ2) is 8.23. The highest BCUT2D eigenvalue weighted by atomic mass is 35.5. The van der Waals surface area contributed by atoms with Gasteiger partial charge in [-0.3, -0.25) is 4.79 Å². The molecule has 0 aliphatic carbocycles. The molecule has 0 atom stereocenters. The van der Waals surface area contributed by atoms with Gasteiger partial charge in [0.05, 0.1) is 28.2 Å². The molecule has 2 aromatic carbocycles. The Kier molecular flexibility index (Phi) is 5.74. The highest BCUT2D eigenvalue weighted by Gasteiger charge is 2.28. The number of fused-ring (bicyclic) bond motifs is 3. The molecule has 1 N–H and O–H groups in total. The molecule has 1 amide bonds. The van der Waals surface area contributed by atoms with Gasteiger partial charge in [-0.15, -0.1) is 0 Å². The summed E-state index contributed by atoms with van der Waals surface area (Å²) >= 11 is 6.27. The number of sulfonamides is 1. The first-order valence-corrected chi connectivity index (χ1v) is 11.7. The maximum Gasteiger partial charge on any atom is 0.337 e. The van der Waals surface area contributed by atoms with Crippen LogP contribution in [0.3, 0.4) is 0 Å². The molecule has 0 saturated heterocycles. The summed E-state index contributed by atoms with van der Waals surface area (Å²) in [6, 6.07) is 9.39. The Balaban J connectivity index is 1.69. The second-order valence-electron chi connectivity index (χ2n) is 7.74. The van der Waals surface area contributed by atoms with E-state index in [9.17, 15) is 18.0 Å². The number of esters is 1. The summed E-state index contributed by atoms with van der Waals surface area (Å²) in [6.07, 6.45) is 0.594. The maximum atomic E-state index is 13.3. The third-order valence-corrected chi connectivity index (χ3v) is 7.77. The minimum Gasteiger partial charge on any atom is -0.465 e. The summed E-state index contributed by atoms with van der Waals surface area (Å²) in [5, 5.41) is 1.03. The lowest BCUT2D eigenvalue weighted by molar-refractivity contribution is 0.0600. The quantitative estimate of drug-likeness (QED) is 0.584. The van der Waals surface area contributed by atoms with E-state index < -0.39 is 16.0 Å². The predicted octanol–water partition coefficient (Wildman–Crippen LogP) is 3.06. The standard InChI is InChI=1S/C22H22ClN3O5S/c1-25(2)32(29,30)14-5-6-18(23)16(11-14)21(27)26-9-8-20-17(12-26)15-10-13(22(28)31-3)4-7-19(15)24-20/h4-7,10-11,24H,8-9,12H2,1-3H3. The number of carbonyl (C=O) groups is 2. The number of methoxy groups -OCH3 is 1. The number of nitrogens with zero attached hydrogens (tertiary/aromatic N) is 2. The molecular formula is C22H22ClN3O5S. The van der Waals surface area contributed by atoms with Gasteiger partial charge in [0.1, 0.15) is 0 Å². The van der Waals surface area contributed by atoms with Gasteiger partial charge in [0.25, 0.3) is 5.91 Å². The summed E-state index contributed by atoms with van der Waals surface area (Å²) in [5.74, 6) is -0.786. The van der Waals surface area contributed by atoms with Crippen molar-refractivity contribution in [1.29, 1.82) is 0 Å². The number of hydrogen-bond acceptors (Lipinski definition) is 5. The molecule has 8 nitrogen and oxygen atoms in total. The summed E-state index contributed by atoms with van der Waals surface area (Å²) in [5.41, 5.74) is 3.34. The summed E-state index contributed by atoms with van der Waals surface area (Å²) in [4.78, 5) is 30.2. The summed E-state index contributed by atoms with van der Waals surface area (Å²) in [7, 11) is 0.474. The Morgan fingerprint density at radius 1 is 1.16 bits per heavy atom. The summed E-state index contributed by atoms with van der Waals surface area (Å²) in [6.45, 7) is 0.753. The SMILES string of the molecule is COC(=O)c1ccc2[nH]c3c(c2c1)CN(C(=O)c1cc(S(=O)(=O)N(C)C)ccc1Cl)CC3. The van der Waals surface area contributed by atoms with E-state index in [4.69, 9.17) is 16.3 Å². The highest BCUT2D eigenvalue weighted by Crippen LogP contribution is 2.31. The van der Waals surface area contributed by atoms with Crippen LogP contribution in [0.4, 0.5) is 0 Å². The van der Waals surface area contributed by atoms with Gasteiger partial charge in [-0.2, -0.15) is 0 Å². The Hall–Kier alpha value is -2.88. The number of ether oxygens (including phenoxy) is 1. The average molecular weight is 476 g/mol. The monoisotopic (exact) mass is 475 g/mol. The number of hydrogen-bond donors (Lipinski definition) is 1. The van der Waals surface area contributed by atoms with Crippen LogP contribution in [-0.4, -0.2) is 62.2 Å². The molecule has 32 heavy (non-hydrogen) atoms. The third-order valence-electron chi connectivity index (χ3n) is 5.63. The number of nitrogens with one attached hydrogen (secondary N) is 1. The van der Waals surface area contributed by atoms with Gasteiger partial charge in [-0.25, -0.2) is 17.5 Å². The molecule has 3 aromatic rings. The molecule has 1 aliphatic heterocycles. The van der Waals surface area contributed by atoms with Gasteiger partial charge in [0, 0.05) is 55.8 Å². The molecule has 168 valence electrons. The largest absolute Gasteiger partial charge is 0.465 e. The molecule has 1 aromatic heterocycles. The second-order valence-corrected chi connectivity index (χ2v) is 10.3. The summed E-state index contributed by atoms with van der Waals surface area (Å²) < 4.78 is 30.9. The lowest BCUT2D eigenvalue weighted by atomic mass is 10.0. The van der Waals surface area contributed by atoms with Gasteiger partial charge in [-0.05, 0) is 36.4 Å². The van der Waals surface area contributed by atoms with Crippen LogP contribution in [0.1, 0.15) is 32.0 Å². The van der Waals surface area contributed by atoms with Crippen molar-refractivity contribution < 1.29 is 22.7 Å². The van der Waals surface area contributed by atoms with Gasteiger partial charge < -0.3 is 14.6 Å². The number of benzene rings is 2. The minimum atomic E-state index is -3.71. The van der Waals surface area contributed by atoms with Crippen LogP contribution >= 0.6 is 11.6 Å². The van der Waals surface area contributed by atoms with Crippen molar-refractivity contribution in [2.45, 2.75) is 17.9 Å². The number of amides is 1. The molecule has 0 saturated carbocycles. The predicted molar refractivity (Wildman–Crippen MR) is 120 cm³/mol. The number of halogens is 1. The number of rotatable bonds is 4.